The summed E-state index contributed by atoms with van der Waals surface area (Å²) in [6, 6.07) is 0. The minimum atomic E-state index is -0.752. The fourth-order valence-corrected chi connectivity index (χ4v) is 1.64. The van der Waals surface area contributed by atoms with Crippen LogP contribution in [0.4, 0.5) is 4.39 Å². The van der Waals surface area contributed by atoms with E-state index in [1.54, 1.807) is 0 Å². The molecule has 0 bridgehead atoms. The highest BCUT2D eigenvalue weighted by atomic mass is 19.1. The molecule has 0 heterocycles. The molecule has 0 spiro atoms. The van der Waals surface area contributed by atoms with Gasteiger partial charge in [0.25, 0.3) is 0 Å². The summed E-state index contributed by atoms with van der Waals surface area (Å²) >= 11 is 0. The molecule has 1 nitrogen and oxygen atoms in total. The highest BCUT2D eigenvalue weighted by molar-refractivity contribution is 4.78. The maximum absolute atomic E-state index is 12.6. The van der Waals surface area contributed by atoms with Gasteiger partial charge in [-0.3, -0.25) is 0 Å². The number of aliphatic hydroxyl groups is 1. The van der Waals surface area contributed by atoms with Crippen molar-refractivity contribution in [2.24, 2.45) is 5.92 Å². The van der Waals surface area contributed by atoms with Crippen LogP contribution in [0.5, 0.6) is 0 Å². The zero-order valence-electron chi connectivity index (χ0n) is 6.39. The van der Waals surface area contributed by atoms with Crippen molar-refractivity contribution in [2.75, 3.05) is 0 Å². The lowest BCUT2D eigenvalue weighted by Crippen LogP contribution is -2.29. The lowest BCUT2D eigenvalue weighted by atomic mass is 9.84. The Balaban J connectivity index is 2.36. The quantitative estimate of drug-likeness (QED) is 0.599. The number of rotatable bonds is 1. The standard InChI is InChI=1S/C8H15FO/c1-2-6-3-4-7(9)5-8(6)10/h6-8,10H,2-5H2,1H3. The molecule has 1 aliphatic carbocycles. The van der Waals surface area contributed by atoms with Crippen LogP contribution in [0.25, 0.3) is 0 Å². The van der Waals surface area contributed by atoms with Crippen molar-refractivity contribution in [1.82, 2.24) is 0 Å². The van der Waals surface area contributed by atoms with Crippen molar-refractivity contribution < 1.29 is 9.50 Å². The van der Waals surface area contributed by atoms with E-state index < -0.39 is 6.17 Å². The monoisotopic (exact) mass is 146 g/mol. The largest absolute Gasteiger partial charge is 0.393 e. The normalized spacial score (nSPS) is 41.7. The molecule has 60 valence electrons. The summed E-state index contributed by atoms with van der Waals surface area (Å²) in [5, 5.41) is 9.30. The molecule has 10 heavy (non-hydrogen) atoms. The lowest BCUT2D eigenvalue weighted by molar-refractivity contribution is 0.0314. The summed E-state index contributed by atoms with van der Waals surface area (Å²) in [5.41, 5.74) is 0. The molecule has 3 unspecified atom stereocenters. The Kier molecular flexibility index (Phi) is 2.66. The number of hydrogen-bond acceptors (Lipinski definition) is 1. The molecule has 0 aromatic rings. The molecular formula is C8H15FO. The molecule has 2 heteroatoms. The molecule has 0 saturated heterocycles. The summed E-state index contributed by atoms with van der Waals surface area (Å²) in [4.78, 5) is 0. The van der Waals surface area contributed by atoms with Crippen LogP contribution >= 0.6 is 0 Å². The van der Waals surface area contributed by atoms with E-state index in [-0.39, 0.29) is 6.10 Å². The molecule has 1 fully saturated rings. The van der Waals surface area contributed by atoms with Crippen molar-refractivity contribution in [3.05, 3.63) is 0 Å². The molecule has 1 rings (SSSR count). The van der Waals surface area contributed by atoms with E-state index in [0.717, 1.165) is 12.8 Å². The average molecular weight is 146 g/mol. The SMILES string of the molecule is CCC1CCC(F)CC1O. The van der Waals surface area contributed by atoms with Gasteiger partial charge in [0.15, 0.2) is 0 Å². The predicted molar refractivity (Wildman–Crippen MR) is 38.5 cm³/mol. The van der Waals surface area contributed by atoms with Crippen LogP contribution in [0, 0.1) is 5.92 Å². The first-order valence-electron chi connectivity index (χ1n) is 4.06. The zero-order chi connectivity index (χ0) is 7.56. The van der Waals surface area contributed by atoms with Gasteiger partial charge >= 0.3 is 0 Å². The second-order valence-corrected chi connectivity index (χ2v) is 3.15. The summed E-state index contributed by atoms with van der Waals surface area (Å²) in [6.45, 7) is 2.05. The Bertz CT molecular complexity index is 105. The molecule has 0 amide bonds. The van der Waals surface area contributed by atoms with Crippen LogP contribution in [0.1, 0.15) is 32.6 Å². The minimum absolute atomic E-state index is 0.354. The van der Waals surface area contributed by atoms with Crippen molar-refractivity contribution >= 4 is 0 Å². The van der Waals surface area contributed by atoms with E-state index in [4.69, 9.17) is 0 Å². The van der Waals surface area contributed by atoms with Gasteiger partial charge in [-0.05, 0) is 18.8 Å². The first kappa shape index (κ1) is 7.99. The van der Waals surface area contributed by atoms with Gasteiger partial charge in [-0.15, -0.1) is 0 Å². The third-order valence-corrected chi connectivity index (χ3v) is 2.42. The molecular weight excluding hydrogens is 131 g/mol. The predicted octanol–water partition coefficient (Wildman–Crippen LogP) is 1.90. The molecule has 1 N–H and O–H groups in total. The second-order valence-electron chi connectivity index (χ2n) is 3.15. The van der Waals surface area contributed by atoms with Crippen molar-refractivity contribution in [3.63, 3.8) is 0 Å². The van der Waals surface area contributed by atoms with Gasteiger partial charge in [0.05, 0.1) is 6.10 Å². The van der Waals surface area contributed by atoms with E-state index in [2.05, 4.69) is 0 Å². The first-order valence-corrected chi connectivity index (χ1v) is 4.06. The number of aliphatic hydroxyl groups excluding tert-OH is 1. The van der Waals surface area contributed by atoms with Crippen molar-refractivity contribution in [3.8, 4) is 0 Å². The van der Waals surface area contributed by atoms with Crippen LogP contribution in [-0.4, -0.2) is 17.4 Å². The summed E-state index contributed by atoms with van der Waals surface area (Å²) in [7, 11) is 0. The van der Waals surface area contributed by atoms with Gasteiger partial charge in [-0.2, -0.15) is 0 Å². The van der Waals surface area contributed by atoms with Crippen molar-refractivity contribution in [2.45, 2.75) is 44.9 Å². The maximum Gasteiger partial charge on any atom is 0.103 e. The van der Waals surface area contributed by atoms with Gasteiger partial charge in [0.1, 0.15) is 6.17 Å². The van der Waals surface area contributed by atoms with Crippen LogP contribution in [0.2, 0.25) is 0 Å². The molecule has 0 aliphatic heterocycles. The van der Waals surface area contributed by atoms with Crippen LogP contribution in [0.3, 0.4) is 0 Å². The second kappa shape index (κ2) is 3.33. The van der Waals surface area contributed by atoms with E-state index in [1.807, 2.05) is 6.92 Å². The van der Waals surface area contributed by atoms with Crippen LogP contribution in [0.15, 0.2) is 0 Å². The van der Waals surface area contributed by atoms with E-state index in [0.29, 0.717) is 18.8 Å². The van der Waals surface area contributed by atoms with Gasteiger partial charge in [0.2, 0.25) is 0 Å². The topological polar surface area (TPSA) is 20.2 Å². The minimum Gasteiger partial charge on any atom is -0.393 e. The fraction of sp³-hybridized carbons (Fsp3) is 1.00. The first-order chi connectivity index (χ1) is 4.74. The highest BCUT2D eigenvalue weighted by Crippen LogP contribution is 2.28. The van der Waals surface area contributed by atoms with Crippen LogP contribution in [-0.2, 0) is 0 Å². The number of alkyl halides is 1. The molecule has 0 aromatic heterocycles. The molecule has 3 atom stereocenters. The van der Waals surface area contributed by atoms with Crippen LogP contribution < -0.4 is 0 Å². The highest BCUT2D eigenvalue weighted by Gasteiger charge is 2.27. The molecule has 1 aliphatic rings. The van der Waals surface area contributed by atoms with E-state index >= 15 is 0 Å². The van der Waals surface area contributed by atoms with Gasteiger partial charge < -0.3 is 5.11 Å². The molecule has 0 radical (unpaired) electrons. The van der Waals surface area contributed by atoms with E-state index in [1.165, 1.54) is 0 Å². The fourth-order valence-electron chi connectivity index (χ4n) is 1.64. The number of halogens is 1. The Labute approximate surface area is 61.2 Å². The van der Waals surface area contributed by atoms with Crippen molar-refractivity contribution in [1.29, 1.82) is 0 Å². The Morgan fingerprint density at radius 2 is 2.20 bits per heavy atom. The summed E-state index contributed by atoms with van der Waals surface area (Å²) in [5.74, 6) is 0.354. The summed E-state index contributed by atoms with van der Waals surface area (Å²) < 4.78 is 12.6. The van der Waals surface area contributed by atoms with Gasteiger partial charge in [-0.1, -0.05) is 13.3 Å². The molecule has 1 saturated carbocycles. The average Bonchev–Trinajstić information content (AvgIpc) is 1.88. The van der Waals surface area contributed by atoms with Gasteiger partial charge in [-0.25, -0.2) is 4.39 Å². The Morgan fingerprint density at radius 1 is 1.50 bits per heavy atom. The summed E-state index contributed by atoms with van der Waals surface area (Å²) in [6.07, 6.45) is 1.72. The smallest absolute Gasteiger partial charge is 0.103 e. The van der Waals surface area contributed by atoms with Gasteiger partial charge in [0, 0.05) is 6.42 Å². The third kappa shape index (κ3) is 1.69. The van der Waals surface area contributed by atoms with E-state index in [9.17, 15) is 9.50 Å². The zero-order valence-corrected chi connectivity index (χ0v) is 6.39. The maximum atomic E-state index is 12.6. The molecule has 0 aromatic carbocycles. The Hall–Kier alpha value is -0.110. The third-order valence-electron chi connectivity index (χ3n) is 2.42. The Morgan fingerprint density at radius 3 is 2.70 bits per heavy atom. The lowest BCUT2D eigenvalue weighted by Gasteiger charge is -2.28. The number of hydrogen-bond donors (Lipinski definition) is 1.